The van der Waals surface area contributed by atoms with Crippen molar-refractivity contribution in [3.05, 3.63) is 63.0 Å². The Morgan fingerprint density at radius 3 is 2.67 bits per heavy atom. The molecule has 2 heterocycles. The van der Waals surface area contributed by atoms with Gasteiger partial charge >= 0.3 is 0 Å². The van der Waals surface area contributed by atoms with Gasteiger partial charge in [-0.1, -0.05) is 17.7 Å². The number of benzene rings is 1. The normalized spacial score (nSPS) is 15.5. The van der Waals surface area contributed by atoms with Crippen LogP contribution in [0.1, 0.15) is 29.9 Å². The molecule has 0 bridgehead atoms. The molecule has 1 aromatic carbocycles. The van der Waals surface area contributed by atoms with Crippen LogP contribution in [0.3, 0.4) is 0 Å². The molecule has 1 fully saturated rings. The lowest BCUT2D eigenvalue weighted by Gasteiger charge is -2.32. The third kappa shape index (κ3) is 3.79. The summed E-state index contributed by atoms with van der Waals surface area (Å²) in [6, 6.07) is 8.41. The molecule has 1 saturated heterocycles. The number of nitrogens with one attached hydrogen (secondary N) is 1. The fourth-order valence-corrected chi connectivity index (χ4v) is 3.33. The summed E-state index contributed by atoms with van der Waals surface area (Å²) in [5, 5.41) is 9.69. The van der Waals surface area contributed by atoms with Crippen LogP contribution in [0, 0.1) is 0 Å². The van der Waals surface area contributed by atoms with E-state index in [0.29, 0.717) is 19.0 Å². The summed E-state index contributed by atoms with van der Waals surface area (Å²) in [4.78, 5) is 28.3. The number of hydrogen-bond donors (Lipinski definition) is 2. The fourth-order valence-electron chi connectivity index (χ4n) is 3.12. The van der Waals surface area contributed by atoms with Crippen LogP contribution >= 0.6 is 11.6 Å². The molecule has 5 nitrogen and oxygen atoms in total. The van der Waals surface area contributed by atoms with Crippen LogP contribution in [0.15, 0.2) is 41.3 Å². The minimum atomic E-state index is -0.0878. The van der Waals surface area contributed by atoms with Gasteiger partial charge in [-0.3, -0.25) is 9.59 Å². The Hall–Kier alpha value is -2.27. The quantitative estimate of drug-likeness (QED) is 0.897. The number of phenolic OH excluding ortho intramolecular Hbond substituents is 1. The van der Waals surface area contributed by atoms with E-state index in [-0.39, 0.29) is 28.7 Å². The Labute approximate surface area is 144 Å². The van der Waals surface area contributed by atoms with Crippen molar-refractivity contribution < 1.29 is 9.90 Å². The molecule has 0 radical (unpaired) electrons. The van der Waals surface area contributed by atoms with Gasteiger partial charge in [-0.25, -0.2) is 0 Å². The number of likely N-dealkylation sites (tertiary alicyclic amines) is 1. The van der Waals surface area contributed by atoms with E-state index in [0.717, 1.165) is 24.0 Å². The van der Waals surface area contributed by atoms with Crippen LogP contribution in [0.4, 0.5) is 0 Å². The van der Waals surface area contributed by atoms with E-state index in [4.69, 9.17) is 11.6 Å². The van der Waals surface area contributed by atoms with E-state index < -0.39 is 0 Å². The van der Waals surface area contributed by atoms with Gasteiger partial charge in [0.15, 0.2) is 0 Å². The number of halogens is 1. The van der Waals surface area contributed by atoms with Gasteiger partial charge in [0.25, 0.3) is 0 Å². The number of pyridine rings is 1. The van der Waals surface area contributed by atoms with Crippen LogP contribution in [0.25, 0.3) is 0 Å². The smallest absolute Gasteiger partial charge is 0.248 e. The first-order valence-corrected chi connectivity index (χ1v) is 8.34. The van der Waals surface area contributed by atoms with Crippen molar-refractivity contribution in [3.63, 3.8) is 0 Å². The molecule has 2 aromatic rings. The van der Waals surface area contributed by atoms with E-state index >= 15 is 0 Å². The second kappa shape index (κ2) is 7.09. The lowest BCUT2D eigenvalue weighted by Crippen LogP contribution is -2.38. The van der Waals surface area contributed by atoms with Crippen LogP contribution in [0.2, 0.25) is 5.02 Å². The topological polar surface area (TPSA) is 73.4 Å². The van der Waals surface area contributed by atoms with Gasteiger partial charge in [0.1, 0.15) is 5.75 Å². The van der Waals surface area contributed by atoms with Crippen LogP contribution in [0.5, 0.6) is 5.75 Å². The first-order chi connectivity index (χ1) is 11.5. The molecule has 0 atom stereocenters. The van der Waals surface area contributed by atoms with Crippen LogP contribution in [-0.4, -0.2) is 34.0 Å². The van der Waals surface area contributed by atoms with Gasteiger partial charge in [-0.15, -0.1) is 0 Å². The van der Waals surface area contributed by atoms with E-state index in [1.54, 1.807) is 24.4 Å². The lowest BCUT2D eigenvalue weighted by atomic mass is 9.90. The van der Waals surface area contributed by atoms with E-state index in [1.165, 1.54) is 6.07 Å². The van der Waals surface area contributed by atoms with Gasteiger partial charge in [0.05, 0.1) is 11.4 Å². The molecule has 6 heteroatoms. The van der Waals surface area contributed by atoms with Gasteiger partial charge in [-0.05, 0) is 48.1 Å². The van der Waals surface area contributed by atoms with Gasteiger partial charge in [0, 0.05) is 25.4 Å². The van der Waals surface area contributed by atoms with Crippen LogP contribution < -0.4 is 5.56 Å². The summed E-state index contributed by atoms with van der Waals surface area (Å²) < 4.78 is 0. The first kappa shape index (κ1) is 16.6. The third-order valence-electron chi connectivity index (χ3n) is 4.49. The molecule has 1 aromatic heterocycles. The first-order valence-electron chi connectivity index (χ1n) is 7.97. The number of aromatic hydroxyl groups is 1. The minimum Gasteiger partial charge on any atom is -0.506 e. The molecule has 0 aliphatic carbocycles. The molecular weight excluding hydrogens is 328 g/mol. The van der Waals surface area contributed by atoms with Crippen LogP contribution in [-0.2, 0) is 11.2 Å². The molecule has 2 N–H and O–H groups in total. The molecule has 3 rings (SSSR count). The highest BCUT2D eigenvalue weighted by molar-refractivity contribution is 6.32. The number of nitrogens with zero attached hydrogens (tertiary/aromatic N) is 1. The highest BCUT2D eigenvalue weighted by atomic mass is 35.5. The summed E-state index contributed by atoms with van der Waals surface area (Å²) >= 11 is 5.88. The average Bonchev–Trinajstić information content (AvgIpc) is 2.58. The van der Waals surface area contributed by atoms with Gasteiger partial charge in [-0.2, -0.15) is 0 Å². The van der Waals surface area contributed by atoms with Gasteiger partial charge < -0.3 is 15.0 Å². The SMILES string of the molecule is O=C(Cc1ccc(O)c(Cl)c1)N1CCC(c2cc[nH]c(=O)c2)CC1. The van der Waals surface area contributed by atoms with Crippen molar-refractivity contribution >= 4 is 17.5 Å². The third-order valence-corrected chi connectivity index (χ3v) is 4.79. The van der Waals surface area contributed by atoms with Gasteiger partial charge in [0.2, 0.25) is 11.5 Å². The maximum atomic E-state index is 12.4. The number of hydrogen-bond acceptors (Lipinski definition) is 3. The van der Waals surface area contributed by atoms with E-state index in [9.17, 15) is 14.7 Å². The number of piperidine rings is 1. The molecule has 1 aliphatic heterocycles. The highest BCUT2D eigenvalue weighted by Gasteiger charge is 2.24. The van der Waals surface area contributed by atoms with Crippen molar-refractivity contribution in [2.75, 3.05) is 13.1 Å². The summed E-state index contributed by atoms with van der Waals surface area (Å²) in [6.45, 7) is 1.37. The number of phenols is 1. The molecule has 0 saturated carbocycles. The zero-order chi connectivity index (χ0) is 17.1. The molecule has 24 heavy (non-hydrogen) atoms. The largest absolute Gasteiger partial charge is 0.506 e. The molecule has 0 unspecified atom stereocenters. The second-order valence-electron chi connectivity index (χ2n) is 6.10. The van der Waals surface area contributed by atoms with Crippen molar-refractivity contribution in [1.29, 1.82) is 0 Å². The number of aromatic nitrogens is 1. The number of carbonyl (C=O) groups is 1. The lowest BCUT2D eigenvalue weighted by molar-refractivity contribution is -0.131. The zero-order valence-corrected chi connectivity index (χ0v) is 13.9. The van der Waals surface area contributed by atoms with Crippen molar-refractivity contribution in [2.45, 2.75) is 25.2 Å². The second-order valence-corrected chi connectivity index (χ2v) is 6.51. The molecule has 0 spiro atoms. The number of rotatable bonds is 3. The number of H-pyrrole nitrogens is 1. The van der Waals surface area contributed by atoms with E-state index in [1.807, 2.05) is 11.0 Å². The summed E-state index contributed by atoms with van der Waals surface area (Å²) in [5.41, 5.74) is 1.74. The maximum absolute atomic E-state index is 12.4. The average molecular weight is 347 g/mol. The standard InChI is InChI=1S/C18H19ClN2O3/c19-15-9-12(1-2-16(15)22)10-18(24)21-7-4-13(5-8-21)14-3-6-20-17(23)11-14/h1-3,6,9,11,13,22H,4-5,7-8,10H2,(H,20,23). The molecule has 1 aliphatic rings. The Morgan fingerprint density at radius 1 is 1.25 bits per heavy atom. The number of aromatic amines is 1. The van der Waals surface area contributed by atoms with E-state index in [2.05, 4.69) is 4.98 Å². The van der Waals surface area contributed by atoms with Crippen molar-refractivity contribution in [3.8, 4) is 5.75 Å². The highest BCUT2D eigenvalue weighted by Crippen LogP contribution is 2.28. The maximum Gasteiger partial charge on any atom is 0.248 e. The summed E-state index contributed by atoms with van der Waals surface area (Å²) in [5.74, 6) is 0.395. The Balaban J connectivity index is 1.58. The minimum absolute atomic E-state index is 0.0199. The Bertz CT molecular complexity index is 795. The molecule has 1 amide bonds. The molecule has 126 valence electrons. The summed E-state index contributed by atoms with van der Waals surface area (Å²) in [7, 11) is 0. The predicted molar refractivity (Wildman–Crippen MR) is 92.4 cm³/mol. The Morgan fingerprint density at radius 2 is 2.00 bits per heavy atom. The number of carbonyl (C=O) groups excluding carboxylic acids is 1. The Kier molecular flexibility index (Phi) is 4.90. The molecular formula is C18H19ClN2O3. The number of amides is 1. The zero-order valence-electron chi connectivity index (χ0n) is 13.2. The fraction of sp³-hybridized carbons (Fsp3) is 0.333. The monoisotopic (exact) mass is 346 g/mol. The van der Waals surface area contributed by atoms with Crippen molar-refractivity contribution in [1.82, 2.24) is 9.88 Å². The predicted octanol–water partition coefficient (Wildman–Crippen LogP) is 2.68. The summed E-state index contributed by atoms with van der Waals surface area (Å²) in [6.07, 6.45) is 3.65. The van der Waals surface area contributed by atoms with Crippen molar-refractivity contribution in [2.24, 2.45) is 0 Å².